The quantitative estimate of drug-likeness (QED) is 0.483. The second-order valence-corrected chi connectivity index (χ2v) is 5.21. The minimum atomic E-state index is -3.84. The number of rotatable bonds is 3. The molecule has 0 aliphatic heterocycles. The van der Waals surface area contributed by atoms with E-state index in [-0.39, 0.29) is 43.4 Å². The van der Waals surface area contributed by atoms with Crippen molar-refractivity contribution in [3.8, 4) is 5.75 Å². The van der Waals surface area contributed by atoms with Gasteiger partial charge in [0.2, 0.25) is 10.0 Å². The van der Waals surface area contributed by atoms with Crippen LogP contribution in [-0.2, 0) is 47.5 Å². The van der Waals surface area contributed by atoms with Gasteiger partial charge in [-0.25, -0.2) is 8.42 Å². The van der Waals surface area contributed by atoms with Crippen molar-refractivity contribution in [3.05, 3.63) is 30.0 Å². The Labute approximate surface area is 143 Å². The number of phenols is 1. The summed E-state index contributed by atoms with van der Waals surface area (Å²) in [6, 6.07) is 6.42. The number of phenolic OH excluding ortho intramolecular Hbond substituents is 1. The summed E-state index contributed by atoms with van der Waals surface area (Å²) in [6.45, 7) is 1.19. The number of sulfonamides is 1. The molecule has 0 aromatic heterocycles. The summed E-state index contributed by atoms with van der Waals surface area (Å²) < 4.78 is 26.5. The molecule has 0 spiro atoms. The molecule has 0 unspecified atom stereocenters. The third-order valence-electron chi connectivity index (χ3n) is 1.50. The predicted octanol–water partition coefficient (Wildman–Crippen LogP) is 1.05. The molecule has 2 N–H and O–H groups in total. The molecule has 0 saturated carbocycles. The largest absolute Gasteiger partial charge is 3.00 e. The average molecular weight is 374 g/mol. The normalized spacial score (nSPS) is 10.2. The smallest absolute Gasteiger partial charge is 0.668 e. The Morgan fingerprint density at radius 3 is 2.40 bits per heavy atom. The SMILES string of the molecule is CC([NH-])=O.CN(C)/C=N/S(=O)(=O)c1c[c-]ccc1O.[Y+3]. The van der Waals surface area contributed by atoms with Gasteiger partial charge in [0, 0.05) is 30.6 Å². The molecular weight excluding hydrogens is 359 g/mol. The van der Waals surface area contributed by atoms with Gasteiger partial charge in [-0.1, -0.05) is 0 Å². The van der Waals surface area contributed by atoms with Gasteiger partial charge in [0.15, 0.2) is 0 Å². The molecule has 0 aliphatic carbocycles. The van der Waals surface area contributed by atoms with Gasteiger partial charge < -0.3 is 20.5 Å². The predicted molar refractivity (Wildman–Crippen MR) is 71.3 cm³/mol. The number of benzene rings is 1. The maximum absolute atomic E-state index is 11.6. The molecule has 0 atom stereocenters. The zero-order valence-corrected chi connectivity index (χ0v) is 15.0. The molecule has 9 heteroatoms. The Hall–Kier alpha value is -0.986. The molecule has 0 saturated heterocycles. The third kappa shape index (κ3) is 9.00. The number of hydrogen-bond donors (Lipinski definition) is 1. The van der Waals surface area contributed by atoms with Crippen LogP contribution in [0.15, 0.2) is 27.5 Å². The van der Waals surface area contributed by atoms with Crippen LogP contribution in [0.4, 0.5) is 0 Å². The van der Waals surface area contributed by atoms with E-state index in [4.69, 9.17) is 10.5 Å². The summed E-state index contributed by atoms with van der Waals surface area (Å²) in [6.07, 6.45) is 1.15. The van der Waals surface area contributed by atoms with Crippen molar-refractivity contribution in [2.24, 2.45) is 4.40 Å². The zero-order chi connectivity index (χ0) is 15.1. The van der Waals surface area contributed by atoms with Crippen LogP contribution in [0.1, 0.15) is 6.92 Å². The van der Waals surface area contributed by atoms with Crippen molar-refractivity contribution in [2.45, 2.75) is 11.8 Å². The topological polar surface area (TPSA) is 111 Å². The number of nitrogens with one attached hydrogen (secondary N) is 1. The molecule has 1 aromatic rings. The van der Waals surface area contributed by atoms with E-state index in [1.165, 1.54) is 30.0 Å². The summed E-state index contributed by atoms with van der Waals surface area (Å²) in [5.41, 5.74) is 5.94. The van der Waals surface area contributed by atoms with Crippen LogP contribution in [0.5, 0.6) is 5.75 Å². The minimum absolute atomic E-state index is 0. The summed E-state index contributed by atoms with van der Waals surface area (Å²) in [5.74, 6) is -0.912. The third-order valence-corrected chi connectivity index (χ3v) is 2.75. The summed E-state index contributed by atoms with van der Waals surface area (Å²) in [4.78, 5) is 10.4. The van der Waals surface area contributed by atoms with Gasteiger partial charge in [-0.2, -0.15) is 22.6 Å². The first-order chi connectivity index (χ1) is 8.66. The fourth-order valence-corrected chi connectivity index (χ4v) is 1.80. The molecule has 20 heavy (non-hydrogen) atoms. The van der Waals surface area contributed by atoms with Crippen LogP contribution in [0.3, 0.4) is 0 Å². The number of aromatic hydroxyl groups is 1. The second-order valence-electron chi connectivity index (χ2n) is 3.61. The van der Waals surface area contributed by atoms with E-state index in [2.05, 4.69) is 10.5 Å². The number of nitrogens with zero attached hydrogens (tertiary/aromatic N) is 2. The van der Waals surface area contributed by atoms with E-state index >= 15 is 0 Å². The zero-order valence-electron chi connectivity index (χ0n) is 11.4. The first kappa shape index (κ1) is 21.3. The molecule has 7 nitrogen and oxygen atoms in total. The Kier molecular flexibility index (Phi) is 10.5. The van der Waals surface area contributed by atoms with Crippen LogP contribution in [0.25, 0.3) is 5.73 Å². The maximum Gasteiger partial charge on any atom is 3.00 e. The molecule has 0 bridgehead atoms. The van der Waals surface area contributed by atoms with E-state index in [0.717, 1.165) is 6.34 Å². The number of hydrogen-bond acceptors (Lipinski definition) is 4. The van der Waals surface area contributed by atoms with Gasteiger partial charge in [0.1, 0.15) is 6.34 Å². The first-order valence-corrected chi connectivity index (χ1v) is 6.49. The summed E-state index contributed by atoms with van der Waals surface area (Å²) in [7, 11) is -0.542. The van der Waals surface area contributed by atoms with Crippen LogP contribution < -0.4 is 0 Å². The Balaban J connectivity index is 0. The monoisotopic (exact) mass is 374 g/mol. The van der Waals surface area contributed by atoms with Crippen molar-refractivity contribution < 1.29 is 51.0 Å². The molecule has 0 heterocycles. The van der Waals surface area contributed by atoms with Crippen molar-refractivity contribution >= 4 is 22.3 Å². The van der Waals surface area contributed by atoms with Gasteiger partial charge in [-0.3, -0.25) is 0 Å². The van der Waals surface area contributed by atoms with Gasteiger partial charge in [0.05, 0.1) is 0 Å². The molecule has 1 amide bonds. The van der Waals surface area contributed by atoms with E-state index < -0.39 is 15.9 Å². The van der Waals surface area contributed by atoms with Crippen molar-refractivity contribution in [3.63, 3.8) is 0 Å². The molecule has 1 rings (SSSR count). The molecular formula is C11H15N3O4SY+. The van der Waals surface area contributed by atoms with Crippen molar-refractivity contribution in [2.75, 3.05) is 14.1 Å². The van der Waals surface area contributed by atoms with Crippen molar-refractivity contribution in [1.29, 1.82) is 0 Å². The fourth-order valence-electron chi connectivity index (χ4n) is 0.827. The van der Waals surface area contributed by atoms with Gasteiger partial charge >= 0.3 is 32.7 Å². The van der Waals surface area contributed by atoms with Crippen LogP contribution in [-0.4, -0.2) is 44.8 Å². The maximum atomic E-state index is 11.6. The van der Waals surface area contributed by atoms with Crippen LogP contribution in [0, 0.1) is 6.07 Å². The first-order valence-electron chi connectivity index (χ1n) is 5.05. The van der Waals surface area contributed by atoms with E-state index in [0.29, 0.717) is 0 Å². The van der Waals surface area contributed by atoms with E-state index in [1.54, 1.807) is 14.1 Å². The van der Waals surface area contributed by atoms with Crippen molar-refractivity contribution in [1.82, 2.24) is 4.90 Å². The summed E-state index contributed by atoms with van der Waals surface area (Å²) >= 11 is 0. The Bertz CT molecular complexity index is 555. The Morgan fingerprint density at radius 1 is 1.50 bits per heavy atom. The second kappa shape index (κ2) is 9.85. The average Bonchev–Trinajstić information content (AvgIpc) is 2.26. The minimum Gasteiger partial charge on any atom is -0.668 e. The summed E-state index contributed by atoms with van der Waals surface area (Å²) in [5, 5.41) is 9.32. The molecule has 0 aliphatic rings. The fraction of sp³-hybridized carbons (Fsp3) is 0.273. The molecule has 0 radical (unpaired) electrons. The van der Waals surface area contributed by atoms with Gasteiger partial charge in [-0.15, -0.1) is 6.07 Å². The molecule has 106 valence electrons. The van der Waals surface area contributed by atoms with Crippen LogP contribution in [0.2, 0.25) is 0 Å². The van der Waals surface area contributed by atoms with E-state index in [9.17, 15) is 13.5 Å². The number of carbonyl (C=O) groups is 1. The van der Waals surface area contributed by atoms with Gasteiger partial charge in [0.25, 0.3) is 0 Å². The Morgan fingerprint density at radius 2 is 2.00 bits per heavy atom. The molecule has 0 fully saturated rings. The number of amides is 1. The standard InChI is InChI=1S/C9H11N2O3S.C2H5NO.Y/c1-11(2)7-10-15(13,14)9-6-4-3-5-8(9)12;1-2(3)4;/h3,5-7,12H,1-2H3;1H3,(H2,3,4);/q-1;;+3/p-1/b10-7+;;. The van der Waals surface area contributed by atoms with Gasteiger partial charge in [-0.05, 0) is 6.92 Å². The van der Waals surface area contributed by atoms with Crippen LogP contribution >= 0.6 is 0 Å². The number of carbonyl (C=O) groups excluding carboxylic acids is 1. The molecule has 1 aromatic carbocycles. The van der Waals surface area contributed by atoms with E-state index in [1.807, 2.05) is 0 Å².